The van der Waals surface area contributed by atoms with Gasteiger partial charge in [0.1, 0.15) is 5.00 Å². The van der Waals surface area contributed by atoms with Gasteiger partial charge in [-0.15, -0.1) is 11.6 Å². The zero-order valence-corrected chi connectivity index (χ0v) is 11.0. The van der Waals surface area contributed by atoms with Crippen molar-refractivity contribution in [2.24, 2.45) is 0 Å². The van der Waals surface area contributed by atoms with Crippen LogP contribution in [0.25, 0.3) is 0 Å². The van der Waals surface area contributed by atoms with Gasteiger partial charge >= 0.3 is 0 Å². The van der Waals surface area contributed by atoms with Crippen LogP contribution in [0.3, 0.4) is 0 Å². The maximum absolute atomic E-state index is 9.27. The molecule has 4 nitrogen and oxygen atoms in total. The van der Waals surface area contributed by atoms with Gasteiger partial charge in [0.2, 0.25) is 0 Å². The van der Waals surface area contributed by atoms with E-state index >= 15 is 0 Å². The highest BCUT2D eigenvalue weighted by atomic mass is 35.5. The lowest BCUT2D eigenvalue weighted by atomic mass is 10.1. The molecule has 0 aromatic heterocycles. The van der Waals surface area contributed by atoms with Crippen molar-refractivity contribution in [1.29, 1.82) is 5.26 Å². The summed E-state index contributed by atoms with van der Waals surface area (Å²) in [6.07, 6.45) is 1.65. The molecule has 6 heteroatoms. The Morgan fingerprint density at radius 3 is 2.40 bits per heavy atom. The minimum atomic E-state index is -2.19. The predicted molar refractivity (Wildman–Crippen MR) is 62.1 cm³/mol. The maximum atomic E-state index is 9.27. The second kappa shape index (κ2) is 6.62. The summed E-state index contributed by atoms with van der Waals surface area (Å²) in [4.78, 5) is 17.7. The summed E-state index contributed by atoms with van der Waals surface area (Å²) in [6.45, 7) is 5.45. The summed E-state index contributed by atoms with van der Waals surface area (Å²) in [6, 6.07) is 2.00. The molecular weight excluding hydrogens is 235 g/mol. The van der Waals surface area contributed by atoms with Crippen molar-refractivity contribution in [3.8, 4) is 6.07 Å². The molecule has 0 rings (SSSR count). The molecule has 0 radical (unpaired) electrons. The third-order valence-electron chi connectivity index (χ3n) is 2.08. The summed E-state index contributed by atoms with van der Waals surface area (Å²) in [5.41, 5.74) is 0. The minimum absolute atomic E-state index is 0.0457. The van der Waals surface area contributed by atoms with Crippen LogP contribution in [0.15, 0.2) is 0 Å². The average Bonchev–Trinajstić information content (AvgIpc) is 2.01. The van der Waals surface area contributed by atoms with E-state index in [4.69, 9.17) is 16.9 Å². The number of alkyl halides is 1. The lowest BCUT2D eigenvalue weighted by Gasteiger charge is -2.39. The number of halogens is 1. The Hall–Kier alpha value is 0.0900. The zero-order valence-electron chi connectivity index (χ0n) is 9.31. The topological polar surface area (TPSA) is 67.5 Å². The first kappa shape index (κ1) is 15.1. The number of hydrogen-bond acceptors (Lipinski definition) is 4. The van der Waals surface area contributed by atoms with Crippen molar-refractivity contribution >= 4 is 20.1 Å². The summed E-state index contributed by atoms with van der Waals surface area (Å²) in [7, 11) is -2.19. The van der Waals surface area contributed by atoms with Crippen LogP contribution < -0.4 is 0 Å². The van der Waals surface area contributed by atoms with E-state index in [2.05, 4.69) is 0 Å². The highest BCUT2D eigenvalue weighted by Gasteiger charge is 2.35. The van der Waals surface area contributed by atoms with Crippen LogP contribution in [0, 0.1) is 11.3 Å². The van der Waals surface area contributed by atoms with Crippen LogP contribution in [0.1, 0.15) is 40.0 Å². The lowest BCUT2D eigenvalue weighted by molar-refractivity contribution is 0.206. The van der Waals surface area contributed by atoms with E-state index < -0.39 is 13.5 Å². The van der Waals surface area contributed by atoms with Gasteiger partial charge in [0.05, 0.1) is 6.07 Å². The third kappa shape index (κ3) is 5.10. The molecule has 0 saturated carbocycles. The number of nitriles is 1. The van der Waals surface area contributed by atoms with Gasteiger partial charge in [0.15, 0.2) is 0 Å². The van der Waals surface area contributed by atoms with Gasteiger partial charge in [-0.1, -0.05) is 0 Å². The fraction of sp³-hybridized carbons (Fsp3) is 0.889. The van der Waals surface area contributed by atoms with Crippen LogP contribution in [-0.2, 0) is 0 Å². The maximum Gasteiger partial charge on any atom is 0.254 e. The molecule has 88 valence electrons. The quantitative estimate of drug-likeness (QED) is 0.330. The normalized spacial score (nSPS) is 15.7. The van der Waals surface area contributed by atoms with Gasteiger partial charge in [-0.25, -0.2) is 4.67 Å². The van der Waals surface area contributed by atoms with E-state index in [-0.39, 0.29) is 6.04 Å². The highest BCUT2D eigenvalue weighted by molar-refractivity contribution is 7.42. The van der Waals surface area contributed by atoms with Crippen molar-refractivity contribution in [3.63, 3.8) is 0 Å². The van der Waals surface area contributed by atoms with E-state index in [9.17, 15) is 9.79 Å². The Bertz CT molecular complexity index is 221. The van der Waals surface area contributed by atoms with Crippen molar-refractivity contribution in [3.05, 3.63) is 0 Å². The van der Waals surface area contributed by atoms with E-state index in [0.717, 1.165) is 0 Å². The highest BCUT2D eigenvalue weighted by Crippen LogP contribution is 2.43. The lowest BCUT2D eigenvalue weighted by Crippen LogP contribution is -2.42. The number of nitrogens with zero attached hydrogens (tertiary/aromatic N) is 2. The average molecular weight is 253 g/mol. The molecular formula is C9H18ClN2O2P. The number of rotatable bonds is 6. The fourth-order valence-corrected chi connectivity index (χ4v) is 2.95. The van der Waals surface area contributed by atoms with E-state index in [1.165, 1.54) is 4.67 Å². The van der Waals surface area contributed by atoms with Crippen LogP contribution in [0.2, 0.25) is 0 Å². The molecule has 0 bridgehead atoms. The SMILES string of the molecule is CC(C)N(P(O)O)C(C)(Cl)CCCC#N. The predicted octanol–water partition coefficient (Wildman–Crippen LogP) is 2.56. The molecule has 1 unspecified atom stereocenters. The Morgan fingerprint density at radius 2 is 2.07 bits per heavy atom. The second-order valence-corrected chi connectivity index (χ2v) is 5.64. The van der Waals surface area contributed by atoms with E-state index in [1.54, 1.807) is 6.92 Å². The number of hydrogen-bond donors (Lipinski definition) is 2. The molecule has 0 spiro atoms. The fourth-order valence-electron chi connectivity index (χ4n) is 1.54. The monoisotopic (exact) mass is 252 g/mol. The van der Waals surface area contributed by atoms with Gasteiger partial charge in [-0.3, -0.25) is 0 Å². The smallest absolute Gasteiger partial charge is 0.254 e. The molecule has 0 aromatic rings. The summed E-state index contributed by atoms with van der Waals surface area (Å²) in [5, 5.41) is 8.42. The molecule has 2 N–H and O–H groups in total. The summed E-state index contributed by atoms with van der Waals surface area (Å²) < 4.78 is 1.47. The molecule has 0 aliphatic heterocycles. The Labute approximate surface area is 97.4 Å². The van der Waals surface area contributed by atoms with Gasteiger partial charge in [-0.2, -0.15) is 5.26 Å². The van der Waals surface area contributed by atoms with Crippen molar-refractivity contribution in [1.82, 2.24) is 4.67 Å². The molecule has 0 aromatic carbocycles. The van der Waals surface area contributed by atoms with Gasteiger partial charge in [0.25, 0.3) is 8.53 Å². The molecule has 0 amide bonds. The van der Waals surface area contributed by atoms with Crippen molar-refractivity contribution in [2.45, 2.75) is 51.1 Å². The van der Waals surface area contributed by atoms with Gasteiger partial charge < -0.3 is 9.79 Å². The Kier molecular flexibility index (Phi) is 6.66. The van der Waals surface area contributed by atoms with Crippen molar-refractivity contribution < 1.29 is 9.79 Å². The van der Waals surface area contributed by atoms with Crippen LogP contribution in [0.5, 0.6) is 0 Å². The Morgan fingerprint density at radius 1 is 1.53 bits per heavy atom. The van der Waals surface area contributed by atoms with Crippen molar-refractivity contribution in [2.75, 3.05) is 0 Å². The van der Waals surface area contributed by atoms with Crippen LogP contribution >= 0.6 is 20.1 Å². The molecule has 0 saturated heterocycles. The zero-order chi connectivity index (χ0) is 12.1. The minimum Gasteiger partial charge on any atom is -0.338 e. The first-order valence-electron chi connectivity index (χ1n) is 4.86. The van der Waals surface area contributed by atoms with E-state index in [1.807, 2.05) is 19.9 Å². The number of unbranched alkanes of at least 4 members (excludes halogenated alkanes) is 1. The van der Waals surface area contributed by atoms with Crippen LogP contribution in [0.4, 0.5) is 0 Å². The Balaban J connectivity index is 4.44. The van der Waals surface area contributed by atoms with Gasteiger partial charge in [-0.05, 0) is 33.6 Å². The molecule has 1 atom stereocenters. The molecule has 0 fully saturated rings. The van der Waals surface area contributed by atoms with Gasteiger partial charge in [0, 0.05) is 12.5 Å². The largest absolute Gasteiger partial charge is 0.338 e. The summed E-state index contributed by atoms with van der Waals surface area (Å²) in [5.74, 6) is 0. The standard InChI is InChI=1S/C9H18ClN2O2P/c1-8(2)12(15(13)14)9(3,10)6-4-5-7-11/h8,13-14H,4-6H2,1-3H3. The molecule has 0 aliphatic rings. The molecule has 0 heterocycles. The first-order chi connectivity index (χ1) is 6.83. The first-order valence-corrected chi connectivity index (χ1v) is 6.43. The molecule has 0 aliphatic carbocycles. The molecule has 15 heavy (non-hydrogen) atoms. The van der Waals surface area contributed by atoms with Crippen LogP contribution in [-0.4, -0.2) is 25.5 Å². The van der Waals surface area contributed by atoms with E-state index in [0.29, 0.717) is 19.3 Å². The second-order valence-electron chi connectivity index (χ2n) is 3.86. The summed E-state index contributed by atoms with van der Waals surface area (Å²) >= 11 is 6.24. The third-order valence-corrected chi connectivity index (χ3v) is 3.86.